The molecule has 0 aliphatic heterocycles. The molecule has 0 heterocycles. The molecule has 0 aliphatic carbocycles. The van der Waals surface area contributed by atoms with Crippen molar-refractivity contribution in [3.8, 4) is 0 Å². The SMILES string of the molecule is [CH2-]CCCCN.[Y]. The van der Waals surface area contributed by atoms with Crippen LogP contribution in [0.15, 0.2) is 0 Å². The Morgan fingerprint density at radius 3 is 2.00 bits per heavy atom. The van der Waals surface area contributed by atoms with Crippen LogP contribution in [0, 0.1) is 6.92 Å². The molecule has 1 radical (unpaired) electrons. The Labute approximate surface area is 70.9 Å². The third kappa shape index (κ3) is 11.0. The van der Waals surface area contributed by atoms with Gasteiger partial charge in [-0.3, -0.25) is 0 Å². The number of hydrogen-bond acceptors (Lipinski definition) is 1. The molecule has 0 spiro atoms. The molecule has 0 amide bonds. The fraction of sp³-hybridized carbons (Fsp3) is 0.800. The average molecular weight is 175 g/mol. The smallest absolute Gasteiger partial charge is 0 e. The van der Waals surface area contributed by atoms with E-state index in [1.807, 2.05) is 0 Å². The van der Waals surface area contributed by atoms with Gasteiger partial charge in [-0.25, -0.2) is 0 Å². The van der Waals surface area contributed by atoms with Gasteiger partial charge in [0.2, 0.25) is 0 Å². The molecule has 0 fully saturated rings. The van der Waals surface area contributed by atoms with Crippen molar-refractivity contribution >= 4 is 0 Å². The molecule has 7 heavy (non-hydrogen) atoms. The van der Waals surface area contributed by atoms with E-state index in [4.69, 9.17) is 5.73 Å². The van der Waals surface area contributed by atoms with Crippen molar-refractivity contribution in [1.29, 1.82) is 0 Å². The molecular formula is C5H12NY-. The monoisotopic (exact) mass is 175 g/mol. The Morgan fingerprint density at radius 1 is 1.29 bits per heavy atom. The van der Waals surface area contributed by atoms with Crippen LogP contribution in [0.25, 0.3) is 0 Å². The van der Waals surface area contributed by atoms with Crippen molar-refractivity contribution in [2.24, 2.45) is 5.73 Å². The summed E-state index contributed by atoms with van der Waals surface area (Å²) < 4.78 is 0. The molecule has 0 saturated carbocycles. The van der Waals surface area contributed by atoms with Crippen LogP contribution >= 0.6 is 0 Å². The second-order valence-corrected chi connectivity index (χ2v) is 1.35. The molecule has 0 unspecified atom stereocenters. The number of nitrogens with two attached hydrogens (primary N) is 1. The fourth-order valence-electron chi connectivity index (χ4n) is 0.321. The summed E-state index contributed by atoms with van der Waals surface area (Å²) in [4.78, 5) is 0. The van der Waals surface area contributed by atoms with Gasteiger partial charge in [-0.05, 0) is 13.0 Å². The van der Waals surface area contributed by atoms with Crippen LogP contribution in [0.2, 0.25) is 0 Å². The van der Waals surface area contributed by atoms with E-state index in [-0.39, 0.29) is 32.7 Å². The van der Waals surface area contributed by atoms with Crippen LogP contribution in [-0.2, 0) is 32.7 Å². The first-order chi connectivity index (χ1) is 2.91. The molecule has 2 heteroatoms. The summed E-state index contributed by atoms with van der Waals surface area (Å²) in [6, 6.07) is 0. The van der Waals surface area contributed by atoms with Gasteiger partial charge in [0.05, 0.1) is 0 Å². The largest absolute Gasteiger partial charge is 0.343 e. The van der Waals surface area contributed by atoms with Crippen molar-refractivity contribution in [1.82, 2.24) is 0 Å². The first-order valence-electron chi connectivity index (χ1n) is 2.41. The summed E-state index contributed by atoms with van der Waals surface area (Å²) in [6.07, 6.45) is 3.33. The Kier molecular flexibility index (Phi) is 15.8. The quantitative estimate of drug-likeness (QED) is 0.501. The first-order valence-corrected chi connectivity index (χ1v) is 2.41. The van der Waals surface area contributed by atoms with Crippen LogP contribution in [0.4, 0.5) is 0 Å². The second kappa shape index (κ2) is 10.1. The maximum atomic E-state index is 5.19. The van der Waals surface area contributed by atoms with Crippen LogP contribution in [0.3, 0.4) is 0 Å². The third-order valence-electron chi connectivity index (χ3n) is 0.704. The fourth-order valence-corrected chi connectivity index (χ4v) is 0.321. The molecule has 1 nitrogen and oxygen atoms in total. The molecular weight excluding hydrogens is 163 g/mol. The van der Waals surface area contributed by atoms with Crippen molar-refractivity contribution < 1.29 is 32.7 Å². The molecule has 0 aliphatic rings. The number of hydrogen-bond donors (Lipinski definition) is 1. The van der Waals surface area contributed by atoms with Crippen molar-refractivity contribution in [3.63, 3.8) is 0 Å². The zero-order chi connectivity index (χ0) is 4.83. The van der Waals surface area contributed by atoms with Gasteiger partial charge in [-0.15, -0.1) is 0 Å². The Bertz CT molecular complexity index is 20.0. The number of rotatable bonds is 3. The van der Waals surface area contributed by atoms with Gasteiger partial charge in [-0.2, -0.15) is 6.42 Å². The summed E-state index contributed by atoms with van der Waals surface area (Å²) in [5.41, 5.74) is 5.19. The van der Waals surface area contributed by atoms with Gasteiger partial charge in [-0.1, -0.05) is 6.42 Å². The molecule has 41 valence electrons. The standard InChI is InChI=1S/C5H12N.Y/c1-2-3-4-5-6;/h1-6H2;/q-1;. The van der Waals surface area contributed by atoms with Crippen LogP contribution in [-0.4, -0.2) is 6.54 Å². The maximum Gasteiger partial charge on any atom is 0 e. The molecule has 0 aromatic carbocycles. The average Bonchev–Trinajstić information content (AvgIpc) is 1.61. The van der Waals surface area contributed by atoms with Gasteiger partial charge in [0, 0.05) is 32.7 Å². The zero-order valence-electron chi connectivity index (χ0n) is 4.69. The van der Waals surface area contributed by atoms with Crippen molar-refractivity contribution in [2.45, 2.75) is 19.3 Å². The minimum atomic E-state index is 0. The van der Waals surface area contributed by atoms with E-state index < -0.39 is 0 Å². The van der Waals surface area contributed by atoms with E-state index in [2.05, 4.69) is 6.92 Å². The Morgan fingerprint density at radius 2 is 1.86 bits per heavy atom. The normalized spacial score (nSPS) is 7.71. The van der Waals surface area contributed by atoms with Crippen LogP contribution < -0.4 is 5.73 Å². The molecule has 0 aromatic rings. The predicted octanol–water partition coefficient (Wildman–Crippen LogP) is 0.947. The second-order valence-electron chi connectivity index (χ2n) is 1.35. The van der Waals surface area contributed by atoms with E-state index in [9.17, 15) is 0 Å². The van der Waals surface area contributed by atoms with E-state index in [1.54, 1.807) is 0 Å². The predicted molar refractivity (Wildman–Crippen MR) is 28.3 cm³/mol. The molecule has 0 aromatic heterocycles. The van der Waals surface area contributed by atoms with Gasteiger partial charge in [0.1, 0.15) is 0 Å². The van der Waals surface area contributed by atoms with E-state index in [0.717, 1.165) is 19.4 Å². The van der Waals surface area contributed by atoms with Crippen molar-refractivity contribution in [3.05, 3.63) is 6.92 Å². The van der Waals surface area contributed by atoms with Crippen LogP contribution in [0.1, 0.15) is 19.3 Å². The summed E-state index contributed by atoms with van der Waals surface area (Å²) in [7, 11) is 0. The Hall–Kier alpha value is 1.06. The molecule has 0 saturated heterocycles. The molecule has 0 bridgehead atoms. The molecule has 2 N–H and O–H groups in total. The molecule has 0 atom stereocenters. The minimum Gasteiger partial charge on any atom is -0.343 e. The van der Waals surface area contributed by atoms with Gasteiger partial charge in [0.15, 0.2) is 0 Å². The number of unbranched alkanes of at least 4 members (excludes halogenated alkanes) is 2. The van der Waals surface area contributed by atoms with Gasteiger partial charge >= 0.3 is 0 Å². The van der Waals surface area contributed by atoms with Crippen molar-refractivity contribution in [2.75, 3.05) is 6.54 Å². The van der Waals surface area contributed by atoms with Crippen LogP contribution in [0.5, 0.6) is 0 Å². The molecule has 0 rings (SSSR count). The Balaban J connectivity index is 0. The zero-order valence-corrected chi connectivity index (χ0v) is 7.53. The van der Waals surface area contributed by atoms with E-state index in [0.29, 0.717) is 0 Å². The van der Waals surface area contributed by atoms with Gasteiger partial charge < -0.3 is 12.7 Å². The summed E-state index contributed by atoms with van der Waals surface area (Å²) in [6.45, 7) is 4.48. The van der Waals surface area contributed by atoms with Gasteiger partial charge in [0.25, 0.3) is 0 Å². The van der Waals surface area contributed by atoms with E-state index in [1.165, 1.54) is 6.42 Å². The maximum absolute atomic E-state index is 5.19. The minimum absolute atomic E-state index is 0. The third-order valence-corrected chi connectivity index (χ3v) is 0.704. The summed E-state index contributed by atoms with van der Waals surface area (Å²) >= 11 is 0. The summed E-state index contributed by atoms with van der Waals surface area (Å²) in [5.74, 6) is 0. The topological polar surface area (TPSA) is 26.0 Å². The van der Waals surface area contributed by atoms with E-state index >= 15 is 0 Å². The summed E-state index contributed by atoms with van der Waals surface area (Å²) in [5, 5.41) is 0. The first kappa shape index (κ1) is 10.9.